The Kier molecular flexibility index (Phi) is 4.39. The van der Waals surface area contributed by atoms with E-state index in [9.17, 15) is 0 Å². The van der Waals surface area contributed by atoms with Gasteiger partial charge in [-0.2, -0.15) is 0 Å². The lowest BCUT2D eigenvalue weighted by Crippen LogP contribution is -2.42. The van der Waals surface area contributed by atoms with Crippen molar-refractivity contribution in [3.05, 3.63) is 0 Å². The van der Waals surface area contributed by atoms with E-state index in [1.807, 2.05) is 6.92 Å². The molecule has 1 fully saturated rings. The third-order valence-electron chi connectivity index (χ3n) is 3.46. The lowest BCUT2D eigenvalue weighted by atomic mass is 9.98. The molecule has 1 aliphatic heterocycles. The summed E-state index contributed by atoms with van der Waals surface area (Å²) in [6.45, 7) is 6.53. The van der Waals surface area contributed by atoms with Crippen LogP contribution in [0.5, 0.6) is 0 Å². The number of nitrogens with one attached hydrogen (secondary N) is 1. The normalized spacial score (nSPS) is 26.9. The van der Waals surface area contributed by atoms with Gasteiger partial charge in [-0.1, -0.05) is 13.3 Å². The molecule has 3 N–H and O–H groups in total. The summed E-state index contributed by atoms with van der Waals surface area (Å²) in [7, 11) is 0. The summed E-state index contributed by atoms with van der Waals surface area (Å²) in [6, 6.07) is 0.130. The van der Waals surface area contributed by atoms with Gasteiger partial charge in [0.1, 0.15) is 5.84 Å². The summed E-state index contributed by atoms with van der Waals surface area (Å²) < 4.78 is 0. The summed E-state index contributed by atoms with van der Waals surface area (Å²) in [5.74, 6) is 1.19. The molecule has 2 atom stereocenters. The first-order valence-corrected chi connectivity index (χ1v) is 5.73. The van der Waals surface area contributed by atoms with Crippen LogP contribution in [0.1, 0.15) is 39.5 Å². The molecule has 0 aromatic carbocycles. The molecule has 0 spiro atoms. The highest BCUT2D eigenvalue weighted by Crippen LogP contribution is 2.21. The van der Waals surface area contributed by atoms with Gasteiger partial charge in [0.05, 0.1) is 6.04 Å². The van der Waals surface area contributed by atoms with Crippen LogP contribution in [0.2, 0.25) is 0 Å². The highest BCUT2D eigenvalue weighted by atomic mass is 15.2. The first-order valence-electron chi connectivity index (χ1n) is 5.73. The molecule has 1 heterocycles. The van der Waals surface area contributed by atoms with E-state index in [1.165, 1.54) is 25.7 Å². The zero-order valence-electron chi connectivity index (χ0n) is 9.42. The minimum atomic E-state index is 0.130. The van der Waals surface area contributed by atoms with Gasteiger partial charge in [-0.05, 0) is 45.2 Å². The van der Waals surface area contributed by atoms with Crippen molar-refractivity contribution in [2.45, 2.75) is 45.6 Å². The quantitative estimate of drug-likeness (QED) is 0.535. The maximum Gasteiger partial charge on any atom is 0.108 e. The lowest BCUT2D eigenvalue weighted by molar-refractivity contribution is 0.258. The predicted octanol–water partition coefficient (Wildman–Crippen LogP) is 1.82. The van der Waals surface area contributed by atoms with Crippen molar-refractivity contribution in [1.82, 2.24) is 4.90 Å². The lowest BCUT2D eigenvalue weighted by Gasteiger charge is -2.26. The Labute approximate surface area is 87.2 Å². The van der Waals surface area contributed by atoms with Gasteiger partial charge in [0.15, 0.2) is 0 Å². The molecule has 0 aromatic rings. The Morgan fingerprint density at radius 1 is 1.50 bits per heavy atom. The van der Waals surface area contributed by atoms with E-state index in [2.05, 4.69) is 11.8 Å². The third-order valence-corrected chi connectivity index (χ3v) is 3.46. The van der Waals surface area contributed by atoms with Crippen LogP contribution in [0.4, 0.5) is 0 Å². The molecule has 3 nitrogen and oxygen atoms in total. The number of likely N-dealkylation sites (tertiary alicyclic amines) is 1. The molecule has 82 valence electrons. The van der Waals surface area contributed by atoms with E-state index in [4.69, 9.17) is 11.1 Å². The fraction of sp³-hybridized carbons (Fsp3) is 0.909. The van der Waals surface area contributed by atoms with Crippen molar-refractivity contribution in [2.24, 2.45) is 11.7 Å². The summed E-state index contributed by atoms with van der Waals surface area (Å²) in [4.78, 5) is 2.35. The standard InChI is InChI=1S/C11H23N3/c1-3-10-5-4-7-14(8-6-10)9(2)11(12)13/h9-10H,3-8H2,1-2H3,(H3,12,13). The van der Waals surface area contributed by atoms with Gasteiger partial charge in [-0.15, -0.1) is 0 Å². The van der Waals surface area contributed by atoms with Crippen LogP contribution in [0.3, 0.4) is 0 Å². The molecule has 14 heavy (non-hydrogen) atoms. The van der Waals surface area contributed by atoms with Gasteiger partial charge in [0.2, 0.25) is 0 Å². The molecule has 3 heteroatoms. The first kappa shape index (κ1) is 11.5. The Bertz CT molecular complexity index is 191. The second-order valence-corrected chi connectivity index (χ2v) is 4.37. The maximum atomic E-state index is 7.44. The summed E-state index contributed by atoms with van der Waals surface area (Å²) in [6.07, 6.45) is 5.17. The van der Waals surface area contributed by atoms with Gasteiger partial charge >= 0.3 is 0 Å². The average Bonchev–Trinajstić information content (AvgIpc) is 2.41. The molecule has 0 saturated carbocycles. The summed E-state index contributed by atoms with van der Waals surface area (Å²) in [5, 5.41) is 7.44. The molecule has 0 bridgehead atoms. The van der Waals surface area contributed by atoms with Crippen molar-refractivity contribution < 1.29 is 0 Å². The Morgan fingerprint density at radius 3 is 2.79 bits per heavy atom. The Morgan fingerprint density at radius 2 is 2.21 bits per heavy atom. The van der Waals surface area contributed by atoms with Crippen LogP contribution in [-0.2, 0) is 0 Å². The molecule has 1 saturated heterocycles. The van der Waals surface area contributed by atoms with Crippen LogP contribution < -0.4 is 5.73 Å². The molecule has 0 aliphatic carbocycles. The van der Waals surface area contributed by atoms with E-state index >= 15 is 0 Å². The van der Waals surface area contributed by atoms with Crippen molar-refractivity contribution in [2.75, 3.05) is 13.1 Å². The summed E-state index contributed by atoms with van der Waals surface area (Å²) in [5.41, 5.74) is 5.53. The molecule has 0 aromatic heterocycles. The predicted molar refractivity (Wildman–Crippen MR) is 60.6 cm³/mol. The number of hydrogen-bond acceptors (Lipinski definition) is 2. The van der Waals surface area contributed by atoms with E-state index in [-0.39, 0.29) is 6.04 Å². The van der Waals surface area contributed by atoms with Crippen LogP contribution in [0.25, 0.3) is 0 Å². The Hall–Kier alpha value is -0.570. The number of hydrogen-bond donors (Lipinski definition) is 2. The van der Waals surface area contributed by atoms with Gasteiger partial charge < -0.3 is 5.73 Å². The van der Waals surface area contributed by atoms with Gasteiger partial charge in [0.25, 0.3) is 0 Å². The molecular formula is C11H23N3. The third kappa shape index (κ3) is 2.98. The van der Waals surface area contributed by atoms with E-state index in [0.717, 1.165) is 19.0 Å². The maximum absolute atomic E-state index is 7.44. The SMILES string of the molecule is CCC1CCCN(C(C)C(=N)N)CC1. The van der Waals surface area contributed by atoms with Crippen LogP contribution in [0.15, 0.2) is 0 Å². The highest BCUT2D eigenvalue weighted by molar-refractivity contribution is 5.82. The molecule has 2 unspecified atom stereocenters. The number of nitrogens with two attached hydrogens (primary N) is 1. The van der Waals surface area contributed by atoms with E-state index in [0.29, 0.717) is 5.84 Å². The van der Waals surface area contributed by atoms with Crippen LogP contribution in [-0.4, -0.2) is 29.9 Å². The Balaban J connectivity index is 2.45. The highest BCUT2D eigenvalue weighted by Gasteiger charge is 2.20. The first-order chi connectivity index (χ1) is 6.65. The zero-order chi connectivity index (χ0) is 10.6. The monoisotopic (exact) mass is 197 g/mol. The largest absolute Gasteiger partial charge is 0.386 e. The molecule has 1 rings (SSSR count). The second kappa shape index (κ2) is 5.35. The molecule has 0 radical (unpaired) electrons. The molecule has 0 amide bonds. The summed E-state index contributed by atoms with van der Waals surface area (Å²) >= 11 is 0. The van der Waals surface area contributed by atoms with E-state index in [1.54, 1.807) is 0 Å². The fourth-order valence-corrected chi connectivity index (χ4v) is 2.18. The van der Waals surface area contributed by atoms with Crippen molar-refractivity contribution in [3.8, 4) is 0 Å². The molecular weight excluding hydrogens is 174 g/mol. The van der Waals surface area contributed by atoms with Crippen LogP contribution >= 0.6 is 0 Å². The number of rotatable bonds is 3. The minimum absolute atomic E-state index is 0.130. The van der Waals surface area contributed by atoms with Gasteiger partial charge in [-0.3, -0.25) is 10.3 Å². The topological polar surface area (TPSA) is 53.1 Å². The second-order valence-electron chi connectivity index (χ2n) is 4.37. The van der Waals surface area contributed by atoms with Crippen molar-refractivity contribution in [1.29, 1.82) is 5.41 Å². The fourth-order valence-electron chi connectivity index (χ4n) is 2.18. The zero-order valence-corrected chi connectivity index (χ0v) is 9.42. The number of nitrogens with zero attached hydrogens (tertiary/aromatic N) is 1. The van der Waals surface area contributed by atoms with Crippen molar-refractivity contribution in [3.63, 3.8) is 0 Å². The van der Waals surface area contributed by atoms with Crippen LogP contribution in [0, 0.1) is 11.3 Å². The minimum Gasteiger partial charge on any atom is -0.386 e. The smallest absolute Gasteiger partial charge is 0.108 e. The van der Waals surface area contributed by atoms with E-state index < -0.39 is 0 Å². The average molecular weight is 197 g/mol. The van der Waals surface area contributed by atoms with Crippen molar-refractivity contribution >= 4 is 5.84 Å². The molecule has 1 aliphatic rings. The van der Waals surface area contributed by atoms with Gasteiger partial charge in [-0.25, -0.2) is 0 Å². The van der Waals surface area contributed by atoms with Gasteiger partial charge in [0, 0.05) is 0 Å². The number of amidine groups is 1.